The molecule has 0 radical (unpaired) electrons. The summed E-state index contributed by atoms with van der Waals surface area (Å²) < 4.78 is 0. The minimum Gasteiger partial charge on any atom is -0.396 e. The van der Waals surface area contributed by atoms with Crippen LogP contribution in [0.4, 0.5) is 5.69 Å². The normalized spacial score (nSPS) is 22.6. The summed E-state index contributed by atoms with van der Waals surface area (Å²) in [6.07, 6.45) is 1.08. The van der Waals surface area contributed by atoms with E-state index in [2.05, 4.69) is 51.7 Å². The molecular formula is C17H27NO. The fourth-order valence-electron chi connectivity index (χ4n) is 3.60. The van der Waals surface area contributed by atoms with Crippen LogP contribution in [-0.4, -0.2) is 24.8 Å². The summed E-state index contributed by atoms with van der Waals surface area (Å²) in [5.74, 6) is 0.426. The number of benzene rings is 1. The standard InChI is InChI=1S/C17H27NO/c1-12-8-13(2)16(14(3)9-12)18-7-6-15(10-19)17(4,5)11-18/h8-9,15,19H,6-7,10-11H2,1-5H3. The first kappa shape index (κ1) is 14.4. The van der Waals surface area contributed by atoms with Crippen LogP contribution in [0.2, 0.25) is 0 Å². The molecule has 1 aliphatic heterocycles. The van der Waals surface area contributed by atoms with Crippen molar-refractivity contribution in [2.24, 2.45) is 11.3 Å². The van der Waals surface area contributed by atoms with Gasteiger partial charge in [-0.15, -0.1) is 0 Å². The molecule has 2 heteroatoms. The predicted octanol–water partition coefficient (Wildman–Crippen LogP) is 3.46. The summed E-state index contributed by atoms with van der Waals surface area (Å²) in [5, 5.41) is 9.51. The van der Waals surface area contributed by atoms with Gasteiger partial charge in [-0.2, -0.15) is 0 Å². The third-order valence-corrected chi connectivity index (χ3v) is 4.62. The smallest absolute Gasteiger partial charge is 0.0465 e. The Hall–Kier alpha value is -1.02. The number of hydrogen-bond donors (Lipinski definition) is 1. The molecule has 0 aliphatic carbocycles. The van der Waals surface area contributed by atoms with Crippen LogP contribution in [-0.2, 0) is 0 Å². The van der Waals surface area contributed by atoms with Crippen molar-refractivity contribution in [2.45, 2.75) is 41.0 Å². The van der Waals surface area contributed by atoms with Crippen LogP contribution >= 0.6 is 0 Å². The van der Waals surface area contributed by atoms with E-state index in [0.717, 1.165) is 19.5 Å². The van der Waals surface area contributed by atoms with E-state index in [9.17, 15) is 5.11 Å². The highest BCUT2D eigenvalue weighted by Gasteiger charge is 2.36. The number of piperidine rings is 1. The van der Waals surface area contributed by atoms with Gasteiger partial charge in [-0.1, -0.05) is 31.5 Å². The van der Waals surface area contributed by atoms with Gasteiger partial charge in [-0.25, -0.2) is 0 Å². The summed E-state index contributed by atoms with van der Waals surface area (Å²) in [7, 11) is 0. The number of aliphatic hydroxyl groups excluding tert-OH is 1. The summed E-state index contributed by atoms with van der Waals surface area (Å²) in [4.78, 5) is 2.51. The van der Waals surface area contributed by atoms with Crippen LogP contribution in [0.15, 0.2) is 12.1 Å². The Morgan fingerprint density at radius 3 is 2.26 bits per heavy atom. The highest BCUT2D eigenvalue weighted by molar-refractivity contribution is 5.60. The Bertz CT molecular complexity index is 441. The molecule has 1 unspecified atom stereocenters. The molecular weight excluding hydrogens is 234 g/mol. The van der Waals surface area contributed by atoms with Crippen LogP contribution in [0.3, 0.4) is 0 Å². The van der Waals surface area contributed by atoms with Crippen molar-refractivity contribution in [1.29, 1.82) is 0 Å². The fourth-order valence-corrected chi connectivity index (χ4v) is 3.60. The molecule has 1 atom stereocenters. The van der Waals surface area contributed by atoms with Gasteiger partial charge < -0.3 is 10.0 Å². The van der Waals surface area contributed by atoms with E-state index in [0.29, 0.717) is 12.5 Å². The van der Waals surface area contributed by atoms with Crippen LogP contribution in [0.25, 0.3) is 0 Å². The predicted molar refractivity (Wildman–Crippen MR) is 81.8 cm³/mol. The molecule has 1 aromatic carbocycles. The molecule has 19 heavy (non-hydrogen) atoms. The summed E-state index contributed by atoms with van der Waals surface area (Å²) >= 11 is 0. The molecule has 1 fully saturated rings. The lowest BCUT2D eigenvalue weighted by molar-refractivity contribution is 0.0972. The molecule has 1 N–H and O–H groups in total. The zero-order valence-electron chi connectivity index (χ0n) is 13.0. The first-order valence-corrected chi connectivity index (χ1v) is 7.29. The summed E-state index contributed by atoms with van der Waals surface area (Å²) in [5.41, 5.74) is 5.65. The maximum absolute atomic E-state index is 9.51. The van der Waals surface area contributed by atoms with Gasteiger partial charge in [-0.3, -0.25) is 0 Å². The van der Waals surface area contributed by atoms with Crippen molar-refractivity contribution in [3.63, 3.8) is 0 Å². The lowest BCUT2D eigenvalue weighted by Gasteiger charge is -2.45. The molecule has 2 nitrogen and oxygen atoms in total. The zero-order valence-corrected chi connectivity index (χ0v) is 13.0. The number of aryl methyl sites for hydroxylation is 3. The van der Waals surface area contributed by atoms with E-state index >= 15 is 0 Å². The van der Waals surface area contributed by atoms with Gasteiger partial charge in [0.15, 0.2) is 0 Å². The third kappa shape index (κ3) is 2.79. The molecule has 0 amide bonds. The second kappa shape index (κ2) is 5.16. The molecule has 0 bridgehead atoms. The van der Waals surface area contributed by atoms with E-state index in [4.69, 9.17) is 0 Å². The third-order valence-electron chi connectivity index (χ3n) is 4.62. The Morgan fingerprint density at radius 1 is 1.21 bits per heavy atom. The minimum atomic E-state index is 0.177. The molecule has 1 saturated heterocycles. The van der Waals surface area contributed by atoms with E-state index in [1.54, 1.807) is 0 Å². The highest BCUT2D eigenvalue weighted by Crippen LogP contribution is 2.38. The van der Waals surface area contributed by atoms with Crippen LogP contribution < -0.4 is 4.90 Å². The van der Waals surface area contributed by atoms with Gasteiger partial charge in [0.25, 0.3) is 0 Å². The van der Waals surface area contributed by atoms with Crippen molar-refractivity contribution in [1.82, 2.24) is 0 Å². The number of nitrogens with zero attached hydrogens (tertiary/aromatic N) is 1. The molecule has 2 rings (SSSR count). The quantitative estimate of drug-likeness (QED) is 0.881. The Labute approximate surface area is 117 Å². The number of aliphatic hydroxyl groups is 1. The topological polar surface area (TPSA) is 23.5 Å². The zero-order chi connectivity index (χ0) is 14.2. The Kier molecular flexibility index (Phi) is 3.91. The summed E-state index contributed by atoms with van der Waals surface area (Å²) in [6, 6.07) is 4.54. The van der Waals surface area contributed by atoms with Gasteiger partial charge in [0.05, 0.1) is 0 Å². The van der Waals surface area contributed by atoms with E-state index < -0.39 is 0 Å². The van der Waals surface area contributed by atoms with Crippen LogP contribution in [0.1, 0.15) is 37.0 Å². The fraction of sp³-hybridized carbons (Fsp3) is 0.647. The average molecular weight is 261 g/mol. The van der Waals surface area contributed by atoms with Crippen molar-refractivity contribution >= 4 is 5.69 Å². The molecule has 1 heterocycles. The van der Waals surface area contributed by atoms with Crippen LogP contribution in [0, 0.1) is 32.1 Å². The lowest BCUT2D eigenvalue weighted by atomic mass is 9.74. The molecule has 1 aromatic rings. The lowest BCUT2D eigenvalue weighted by Crippen LogP contribution is -2.47. The number of rotatable bonds is 2. The van der Waals surface area contributed by atoms with Gasteiger partial charge in [0, 0.05) is 25.4 Å². The van der Waals surface area contributed by atoms with E-state index in [-0.39, 0.29) is 5.41 Å². The SMILES string of the molecule is Cc1cc(C)c(N2CCC(CO)C(C)(C)C2)c(C)c1. The average Bonchev–Trinajstić information content (AvgIpc) is 2.26. The van der Waals surface area contributed by atoms with Crippen molar-refractivity contribution in [2.75, 3.05) is 24.6 Å². The van der Waals surface area contributed by atoms with Crippen LogP contribution in [0.5, 0.6) is 0 Å². The van der Waals surface area contributed by atoms with Crippen molar-refractivity contribution in [3.8, 4) is 0 Å². The van der Waals surface area contributed by atoms with Gasteiger partial charge in [0.1, 0.15) is 0 Å². The van der Waals surface area contributed by atoms with Crippen molar-refractivity contribution in [3.05, 3.63) is 28.8 Å². The first-order valence-electron chi connectivity index (χ1n) is 7.29. The molecule has 1 aliphatic rings. The largest absolute Gasteiger partial charge is 0.396 e. The Balaban J connectivity index is 2.30. The Morgan fingerprint density at radius 2 is 1.79 bits per heavy atom. The van der Waals surface area contributed by atoms with Gasteiger partial charge >= 0.3 is 0 Å². The molecule has 106 valence electrons. The second-order valence-electron chi connectivity index (χ2n) is 6.83. The minimum absolute atomic E-state index is 0.177. The molecule has 0 aromatic heterocycles. The van der Waals surface area contributed by atoms with Crippen molar-refractivity contribution < 1.29 is 5.11 Å². The second-order valence-corrected chi connectivity index (χ2v) is 6.83. The van der Waals surface area contributed by atoms with E-state index in [1.807, 2.05) is 0 Å². The summed E-state index contributed by atoms with van der Waals surface area (Å²) in [6.45, 7) is 13.5. The maximum atomic E-state index is 9.51. The number of hydrogen-bond acceptors (Lipinski definition) is 2. The monoisotopic (exact) mass is 261 g/mol. The van der Waals surface area contributed by atoms with Gasteiger partial charge in [0.2, 0.25) is 0 Å². The van der Waals surface area contributed by atoms with Gasteiger partial charge in [-0.05, 0) is 49.7 Å². The molecule has 0 saturated carbocycles. The first-order chi connectivity index (χ1) is 8.85. The highest BCUT2D eigenvalue weighted by atomic mass is 16.3. The van der Waals surface area contributed by atoms with E-state index in [1.165, 1.54) is 22.4 Å². The molecule has 0 spiro atoms. The maximum Gasteiger partial charge on any atom is 0.0465 e. The number of anilines is 1.